The third kappa shape index (κ3) is 3.77. The minimum atomic E-state index is 0.596. The second kappa shape index (κ2) is 6.41. The van der Waals surface area contributed by atoms with Gasteiger partial charge in [0.2, 0.25) is 0 Å². The number of pyridine rings is 1. The Morgan fingerprint density at radius 3 is 2.86 bits per heavy atom. The first-order chi connectivity index (χ1) is 6.86. The fourth-order valence-corrected chi connectivity index (χ4v) is 1.51. The Morgan fingerprint density at radius 1 is 1.43 bits per heavy atom. The molecule has 1 rings (SSSR count). The van der Waals surface area contributed by atoms with Crippen LogP contribution in [0, 0.1) is 0 Å². The molecule has 0 aliphatic carbocycles. The number of nitrogens with one attached hydrogen (secondary N) is 1. The van der Waals surface area contributed by atoms with Crippen molar-refractivity contribution in [1.29, 1.82) is 0 Å². The summed E-state index contributed by atoms with van der Waals surface area (Å²) in [6, 6.07) is 4.63. The van der Waals surface area contributed by atoms with Crippen LogP contribution in [0.3, 0.4) is 0 Å². The lowest BCUT2D eigenvalue weighted by molar-refractivity contribution is 0.593. The van der Waals surface area contributed by atoms with Gasteiger partial charge in [0.25, 0.3) is 0 Å². The van der Waals surface area contributed by atoms with Crippen molar-refractivity contribution in [2.45, 2.75) is 45.6 Å². The highest BCUT2D eigenvalue weighted by atomic mass is 14.9. The zero-order valence-electron chi connectivity index (χ0n) is 9.16. The molecule has 0 saturated carbocycles. The van der Waals surface area contributed by atoms with Crippen molar-refractivity contribution in [3.05, 3.63) is 24.5 Å². The Kier molecular flexibility index (Phi) is 5.05. The first-order valence-electron chi connectivity index (χ1n) is 5.53. The van der Waals surface area contributed by atoms with Crippen molar-refractivity contribution >= 4 is 5.69 Å². The molecular weight excluding hydrogens is 172 g/mol. The van der Waals surface area contributed by atoms with Gasteiger partial charge >= 0.3 is 0 Å². The maximum atomic E-state index is 4.09. The number of aromatic nitrogens is 1. The summed E-state index contributed by atoms with van der Waals surface area (Å²) in [5, 5.41) is 3.50. The molecule has 0 aromatic carbocycles. The van der Waals surface area contributed by atoms with Gasteiger partial charge in [-0.05, 0) is 25.0 Å². The smallest absolute Gasteiger partial charge is 0.0528 e. The molecule has 0 aliphatic heterocycles. The molecule has 0 radical (unpaired) electrons. The van der Waals surface area contributed by atoms with E-state index in [0.29, 0.717) is 6.04 Å². The highest BCUT2D eigenvalue weighted by molar-refractivity contribution is 5.40. The lowest BCUT2D eigenvalue weighted by atomic mass is 10.1. The molecule has 0 amide bonds. The van der Waals surface area contributed by atoms with E-state index in [9.17, 15) is 0 Å². The number of anilines is 1. The molecule has 0 saturated heterocycles. The zero-order valence-corrected chi connectivity index (χ0v) is 9.16. The molecule has 0 aliphatic rings. The van der Waals surface area contributed by atoms with Crippen molar-refractivity contribution < 1.29 is 0 Å². The van der Waals surface area contributed by atoms with Gasteiger partial charge in [0.1, 0.15) is 0 Å². The normalized spacial score (nSPS) is 12.4. The molecule has 0 spiro atoms. The molecular formula is C12H20N2. The predicted octanol–water partition coefficient (Wildman–Crippen LogP) is 3.46. The van der Waals surface area contributed by atoms with Gasteiger partial charge in [-0.15, -0.1) is 0 Å². The molecule has 1 N–H and O–H groups in total. The van der Waals surface area contributed by atoms with E-state index >= 15 is 0 Å². The van der Waals surface area contributed by atoms with E-state index < -0.39 is 0 Å². The van der Waals surface area contributed by atoms with E-state index in [1.165, 1.54) is 25.7 Å². The highest BCUT2D eigenvalue weighted by Gasteiger charge is 2.04. The van der Waals surface area contributed by atoms with Gasteiger partial charge in [-0.2, -0.15) is 0 Å². The Labute approximate surface area is 86.8 Å². The Morgan fingerprint density at radius 2 is 2.29 bits per heavy atom. The average Bonchev–Trinajstić information content (AvgIpc) is 2.25. The number of nitrogens with zero attached hydrogens (tertiary/aromatic N) is 1. The fraction of sp³-hybridized carbons (Fsp3) is 0.583. The van der Waals surface area contributed by atoms with Crippen LogP contribution in [0.1, 0.15) is 39.5 Å². The second-order valence-electron chi connectivity index (χ2n) is 3.63. The standard InChI is InChI=1S/C12H20N2/c1-3-5-7-11(4-2)14-12-8-6-9-13-10-12/h6,8-11,14H,3-5,7H2,1-2H3. The van der Waals surface area contributed by atoms with Crippen LogP contribution in [-0.4, -0.2) is 11.0 Å². The molecule has 2 nitrogen and oxygen atoms in total. The molecule has 1 unspecified atom stereocenters. The van der Waals surface area contributed by atoms with E-state index in [4.69, 9.17) is 0 Å². The number of rotatable bonds is 6. The van der Waals surface area contributed by atoms with Crippen molar-refractivity contribution in [1.82, 2.24) is 4.98 Å². The van der Waals surface area contributed by atoms with E-state index in [1.54, 1.807) is 6.20 Å². The van der Waals surface area contributed by atoms with E-state index in [1.807, 2.05) is 12.3 Å². The van der Waals surface area contributed by atoms with E-state index in [0.717, 1.165) is 5.69 Å². The number of hydrogen-bond acceptors (Lipinski definition) is 2. The molecule has 0 fully saturated rings. The number of unbranched alkanes of at least 4 members (excludes halogenated alkanes) is 1. The molecule has 1 aromatic rings. The summed E-state index contributed by atoms with van der Waals surface area (Å²) in [6.45, 7) is 4.46. The van der Waals surface area contributed by atoms with Crippen molar-refractivity contribution in [2.75, 3.05) is 5.32 Å². The number of hydrogen-bond donors (Lipinski definition) is 1. The van der Waals surface area contributed by atoms with Gasteiger partial charge in [0.15, 0.2) is 0 Å². The largest absolute Gasteiger partial charge is 0.381 e. The molecule has 2 heteroatoms. The van der Waals surface area contributed by atoms with E-state index in [2.05, 4.69) is 30.2 Å². The summed E-state index contributed by atoms with van der Waals surface area (Å²) in [5.41, 5.74) is 1.13. The third-order valence-corrected chi connectivity index (χ3v) is 2.43. The van der Waals surface area contributed by atoms with Gasteiger partial charge in [-0.1, -0.05) is 26.7 Å². The monoisotopic (exact) mass is 192 g/mol. The van der Waals surface area contributed by atoms with E-state index in [-0.39, 0.29) is 0 Å². The minimum absolute atomic E-state index is 0.596. The van der Waals surface area contributed by atoms with Crippen LogP contribution in [0.15, 0.2) is 24.5 Å². The topological polar surface area (TPSA) is 24.9 Å². The van der Waals surface area contributed by atoms with Crippen molar-refractivity contribution in [2.24, 2.45) is 0 Å². The fourth-order valence-electron chi connectivity index (χ4n) is 1.51. The van der Waals surface area contributed by atoms with Gasteiger partial charge < -0.3 is 5.32 Å². The van der Waals surface area contributed by atoms with Crippen LogP contribution in [0.5, 0.6) is 0 Å². The first kappa shape index (κ1) is 11.0. The lowest BCUT2D eigenvalue weighted by Gasteiger charge is -2.17. The summed E-state index contributed by atoms with van der Waals surface area (Å²) in [6.07, 6.45) is 8.68. The Bertz CT molecular complexity index is 233. The van der Waals surface area contributed by atoms with Gasteiger partial charge in [-0.25, -0.2) is 0 Å². The van der Waals surface area contributed by atoms with Crippen LogP contribution in [0.25, 0.3) is 0 Å². The van der Waals surface area contributed by atoms with Crippen LogP contribution in [0.2, 0.25) is 0 Å². The van der Waals surface area contributed by atoms with Gasteiger partial charge in [-0.3, -0.25) is 4.98 Å². The average molecular weight is 192 g/mol. The predicted molar refractivity (Wildman–Crippen MR) is 61.5 cm³/mol. The molecule has 1 aromatic heterocycles. The molecule has 1 atom stereocenters. The van der Waals surface area contributed by atoms with Crippen LogP contribution >= 0.6 is 0 Å². The summed E-state index contributed by atoms with van der Waals surface area (Å²) in [4.78, 5) is 4.09. The molecule has 0 bridgehead atoms. The Balaban J connectivity index is 2.40. The third-order valence-electron chi connectivity index (χ3n) is 2.43. The first-order valence-corrected chi connectivity index (χ1v) is 5.53. The Hall–Kier alpha value is -1.05. The van der Waals surface area contributed by atoms with Gasteiger partial charge in [0.05, 0.1) is 5.69 Å². The van der Waals surface area contributed by atoms with Crippen molar-refractivity contribution in [3.8, 4) is 0 Å². The van der Waals surface area contributed by atoms with Crippen LogP contribution in [0.4, 0.5) is 5.69 Å². The quantitative estimate of drug-likeness (QED) is 0.746. The maximum absolute atomic E-state index is 4.09. The molecule has 78 valence electrons. The summed E-state index contributed by atoms with van der Waals surface area (Å²) in [7, 11) is 0. The summed E-state index contributed by atoms with van der Waals surface area (Å²) in [5.74, 6) is 0. The molecule has 1 heterocycles. The van der Waals surface area contributed by atoms with Crippen molar-refractivity contribution in [3.63, 3.8) is 0 Å². The second-order valence-corrected chi connectivity index (χ2v) is 3.63. The SMILES string of the molecule is CCCCC(CC)Nc1cccnc1. The zero-order chi connectivity index (χ0) is 10.2. The van der Waals surface area contributed by atoms with Crippen LogP contribution in [-0.2, 0) is 0 Å². The molecule has 14 heavy (non-hydrogen) atoms. The van der Waals surface area contributed by atoms with Gasteiger partial charge in [0, 0.05) is 18.4 Å². The highest BCUT2D eigenvalue weighted by Crippen LogP contribution is 2.11. The summed E-state index contributed by atoms with van der Waals surface area (Å²) >= 11 is 0. The minimum Gasteiger partial charge on any atom is -0.381 e. The summed E-state index contributed by atoms with van der Waals surface area (Å²) < 4.78 is 0. The maximum Gasteiger partial charge on any atom is 0.0528 e. The van der Waals surface area contributed by atoms with Crippen LogP contribution < -0.4 is 5.32 Å². The lowest BCUT2D eigenvalue weighted by Crippen LogP contribution is -2.18.